The lowest BCUT2D eigenvalue weighted by atomic mass is 9.46. The van der Waals surface area contributed by atoms with Gasteiger partial charge in [-0.25, -0.2) is 0 Å². The van der Waals surface area contributed by atoms with E-state index in [-0.39, 0.29) is 34.1 Å². The summed E-state index contributed by atoms with van der Waals surface area (Å²) in [6, 6.07) is 0. The lowest BCUT2D eigenvalue weighted by Gasteiger charge is -2.58. The van der Waals surface area contributed by atoms with E-state index in [4.69, 9.17) is 9.47 Å². The molecule has 2 aliphatic heterocycles. The van der Waals surface area contributed by atoms with Gasteiger partial charge in [0.2, 0.25) is 0 Å². The van der Waals surface area contributed by atoms with E-state index in [1.165, 1.54) is 5.57 Å². The average Bonchev–Trinajstić information content (AvgIpc) is 3.16. The molecule has 5 fully saturated rings. The van der Waals surface area contributed by atoms with E-state index in [1.54, 1.807) is 0 Å². The Labute approximate surface area is 177 Å². The lowest BCUT2D eigenvalue weighted by Crippen LogP contribution is -2.62. The Morgan fingerprint density at radius 3 is 2.72 bits per heavy atom. The molecule has 3 saturated carbocycles. The molecule has 0 aromatic rings. The Kier molecular flexibility index (Phi) is 3.72. The molecule has 158 valence electrons. The summed E-state index contributed by atoms with van der Waals surface area (Å²) in [5.74, 6) is 2.42. The van der Waals surface area contributed by atoms with Gasteiger partial charge in [-0.15, -0.1) is 0 Å². The van der Waals surface area contributed by atoms with Crippen LogP contribution in [0.5, 0.6) is 0 Å². The second kappa shape index (κ2) is 5.70. The standard InChI is InChI=1S/C24H32O4S/c1-4-29-17-12-14-11-15(25)5-8-21(14,2)24-18(27-24)13-22(3)16(20(17)24)6-9-23(22)10-7-19(26)28-23/h12,16-18,20H,4-11,13H2,1-3H3/t16?,17-,18-,20?,21+,22+,23-,24-/m1/s1. The predicted octanol–water partition coefficient (Wildman–Crippen LogP) is 4.46. The molecule has 5 heteroatoms. The SMILES string of the molecule is CCS[C@@H]1C=C2CC(=O)CC[C@]2(C)[C@@]23O[C@@H]2C[C@@]2(C)C(CC[C@@]24CCC(=O)O4)C13. The molecule has 2 saturated heterocycles. The number of rotatable bonds is 2. The van der Waals surface area contributed by atoms with Crippen molar-refractivity contribution in [2.24, 2.45) is 22.7 Å². The third-order valence-corrected chi connectivity index (χ3v) is 11.1. The van der Waals surface area contributed by atoms with Crippen LogP contribution in [0.15, 0.2) is 11.6 Å². The van der Waals surface area contributed by atoms with Crippen molar-refractivity contribution in [3.63, 3.8) is 0 Å². The Morgan fingerprint density at radius 1 is 1.17 bits per heavy atom. The first-order valence-corrected chi connectivity index (χ1v) is 12.6. The van der Waals surface area contributed by atoms with Crippen molar-refractivity contribution >= 4 is 23.5 Å². The van der Waals surface area contributed by atoms with Crippen LogP contribution in [-0.4, -0.2) is 40.1 Å². The van der Waals surface area contributed by atoms with Crippen LogP contribution >= 0.6 is 11.8 Å². The van der Waals surface area contributed by atoms with Gasteiger partial charge in [-0.1, -0.05) is 32.4 Å². The minimum Gasteiger partial charge on any atom is -0.458 e. The van der Waals surface area contributed by atoms with Gasteiger partial charge in [0.1, 0.15) is 17.0 Å². The molecule has 0 amide bonds. The molecule has 0 radical (unpaired) electrons. The van der Waals surface area contributed by atoms with E-state index in [1.807, 2.05) is 11.8 Å². The second-order valence-corrected chi connectivity index (χ2v) is 12.3. The van der Waals surface area contributed by atoms with Gasteiger partial charge in [0.05, 0.1) is 6.10 Å². The summed E-state index contributed by atoms with van der Waals surface area (Å²) in [4.78, 5) is 24.4. The molecule has 6 rings (SSSR count). The molecule has 0 N–H and O–H groups in total. The van der Waals surface area contributed by atoms with E-state index in [9.17, 15) is 9.59 Å². The molecule has 0 aromatic heterocycles. The molecule has 8 atom stereocenters. The van der Waals surface area contributed by atoms with Crippen LogP contribution in [0.2, 0.25) is 0 Å². The van der Waals surface area contributed by atoms with Gasteiger partial charge in [0.15, 0.2) is 0 Å². The zero-order chi connectivity index (χ0) is 20.2. The van der Waals surface area contributed by atoms with Crippen molar-refractivity contribution in [2.45, 2.75) is 94.7 Å². The Bertz CT molecular complexity index is 837. The fourth-order valence-corrected chi connectivity index (χ4v) is 9.77. The normalized spacial score (nSPS) is 54.9. The maximum Gasteiger partial charge on any atom is 0.306 e. The van der Waals surface area contributed by atoms with Gasteiger partial charge >= 0.3 is 5.97 Å². The van der Waals surface area contributed by atoms with Gasteiger partial charge in [-0.2, -0.15) is 11.8 Å². The van der Waals surface area contributed by atoms with E-state index >= 15 is 0 Å². The summed E-state index contributed by atoms with van der Waals surface area (Å²) in [5.41, 5.74) is 0.963. The van der Waals surface area contributed by atoms with Crippen LogP contribution in [0.25, 0.3) is 0 Å². The predicted molar refractivity (Wildman–Crippen MR) is 112 cm³/mol. The highest BCUT2D eigenvalue weighted by Crippen LogP contribution is 2.77. The molecule has 29 heavy (non-hydrogen) atoms. The van der Waals surface area contributed by atoms with Crippen LogP contribution in [0.4, 0.5) is 0 Å². The fourth-order valence-electron chi connectivity index (χ4n) is 8.53. The average molecular weight is 417 g/mol. The molecular weight excluding hydrogens is 384 g/mol. The van der Waals surface area contributed by atoms with Crippen molar-refractivity contribution in [2.75, 3.05) is 5.75 Å². The monoisotopic (exact) mass is 416 g/mol. The van der Waals surface area contributed by atoms with Crippen LogP contribution in [0.1, 0.15) is 72.1 Å². The first-order chi connectivity index (χ1) is 13.8. The molecule has 4 aliphatic carbocycles. The number of ether oxygens (including phenoxy) is 2. The first-order valence-electron chi connectivity index (χ1n) is 11.5. The number of carbonyl (C=O) groups excluding carboxylic acids is 2. The number of carbonyl (C=O) groups is 2. The zero-order valence-electron chi connectivity index (χ0n) is 17.8. The number of esters is 1. The van der Waals surface area contributed by atoms with E-state index < -0.39 is 0 Å². The fraction of sp³-hybridized carbons (Fsp3) is 0.833. The Balaban J connectivity index is 1.47. The van der Waals surface area contributed by atoms with E-state index in [0.717, 1.165) is 37.9 Å². The number of thioether (sulfide) groups is 1. The molecular formula is C24H32O4S. The van der Waals surface area contributed by atoms with Gasteiger partial charge in [0.25, 0.3) is 0 Å². The van der Waals surface area contributed by atoms with Crippen LogP contribution in [-0.2, 0) is 19.1 Å². The van der Waals surface area contributed by atoms with Crippen LogP contribution in [0, 0.1) is 22.7 Å². The number of hydrogen-bond acceptors (Lipinski definition) is 5. The second-order valence-electron chi connectivity index (χ2n) is 10.8. The van der Waals surface area contributed by atoms with Crippen molar-refractivity contribution in [3.8, 4) is 0 Å². The number of ketones is 1. The Morgan fingerprint density at radius 2 is 2.00 bits per heavy atom. The van der Waals surface area contributed by atoms with Crippen LogP contribution < -0.4 is 0 Å². The van der Waals surface area contributed by atoms with Gasteiger partial charge in [-0.3, -0.25) is 9.59 Å². The maximum absolute atomic E-state index is 12.3. The van der Waals surface area contributed by atoms with Crippen molar-refractivity contribution < 1.29 is 19.1 Å². The van der Waals surface area contributed by atoms with Gasteiger partial charge in [-0.05, 0) is 43.8 Å². The number of epoxide rings is 1. The molecule has 2 heterocycles. The highest BCUT2D eigenvalue weighted by atomic mass is 32.2. The number of hydrogen-bond donors (Lipinski definition) is 0. The minimum absolute atomic E-state index is 0.00718. The number of fused-ring (bicyclic) bond motifs is 4. The largest absolute Gasteiger partial charge is 0.458 e. The Hall–Kier alpha value is -0.810. The summed E-state index contributed by atoms with van der Waals surface area (Å²) in [7, 11) is 0. The summed E-state index contributed by atoms with van der Waals surface area (Å²) in [6.45, 7) is 7.01. The van der Waals surface area contributed by atoms with Crippen molar-refractivity contribution in [1.29, 1.82) is 0 Å². The molecule has 0 bridgehead atoms. The molecule has 2 unspecified atom stereocenters. The molecule has 4 nitrogen and oxygen atoms in total. The smallest absolute Gasteiger partial charge is 0.306 e. The molecule has 6 aliphatic rings. The zero-order valence-corrected chi connectivity index (χ0v) is 18.6. The maximum atomic E-state index is 12.3. The highest BCUT2D eigenvalue weighted by Gasteiger charge is 2.82. The molecule has 2 spiro atoms. The summed E-state index contributed by atoms with van der Waals surface area (Å²) in [6.07, 6.45) is 9.53. The summed E-state index contributed by atoms with van der Waals surface area (Å²) >= 11 is 2.02. The van der Waals surface area contributed by atoms with Gasteiger partial charge < -0.3 is 9.47 Å². The highest BCUT2D eigenvalue weighted by molar-refractivity contribution is 8.00. The topological polar surface area (TPSA) is 55.9 Å². The van der Waals surface area contributed by atoms with Crippen molar-refractivity contribution in [1.82, 2.24) is 0 Å². The third-order valence-electron chi connectivity index (χ3n) is 10.00. The summed E-state index contributed by atoms with van der Waals surface area (Å²) < 4.78 is 12.9. The first kappa shape index (κ1) is 18.9. The minimum atomic E-state index is -0.276. The van der Waals surface area contributed by atoms with Crippen LogP contribution in [0.3, 0.4) is 0 Å². The molecule has 0 aromatic carbocycles. The van der Waals surface area contributed by atoms with Crippen molar-refractivity contribution in [3.05, 3.63) is 11.6 Å². The quantitative estimate of drug-likeness (QED) is 0.378. The van der Waals surface area contributed by atoms with Gasteiger partial charge in [0, 0.05) is 41.3 Å². The van der Waals surface area contributed by atoms with E-state index in [2.05, 4.69) is 26.8 Å². The number of Topliss-reactive ketones (excluding diaryl/α,β-unsaturated/α-hetero) is 1. The van der Waals surface area contributed by atoms with E-state index in [0.29, 0.717) is 42.1 Å². The lowest BCUT2D eigenvalue weighted by molar-refractivity contribution is -0.163. The third kappa shape index (κ3) is 2.07. The summed E-state index contributed by atoms with van der Waals surface area (Å²) in [5, 5.41) is 0.399.